The van der Waals surface area contributed by atoms with Crippen molar-refractivity contribution in [1.82, 2.24) is 4.90 Å². The SMILES string of the molecule is CN(C)CC[CH2][Ge]([CH3])[CH3]. The molecular weight excluding hydrogens is 171 g/mol. The summed E-state index contributed by atoms with van der Waals surface area (Å²) in [7, 11) is 4.29. The average molecular weight is 189 g/mol. The molecule has 0 aliphatic heterocycles. The van der Waals surface area contributed by atoms with Crippen LogP contribution in [-0.2, 0) is 0 Å². The molecule has 55 valence electrons. The quantitative estimate of drug-likeness (QED) is 0.608. The van der Waals surface area contributed by atoms with E-state index in [9.17, 15) is 0 Å². The Morgan fingerprint density at radius 3 is 2.11 bits per heavy atom. The van der Waals surface area contributed by atoms with Crippen molar-refractivity contribution in [2.75, 3.05) is 20.6 Å². The van der Waals surface area contributed by atoms with Crippen molar-refractivity contribution >= 4 is 14.3 Å². The Bertz CT molecular complexity index is 53.9. The molecule has 0 aromatic heterocycles. The monoisotopic (exact) mass is 190 g/mol. The molecule has 0 atom stereocenters. The maximum absolute atomic E-state index is 2.44. The van der Waals surface area contributed by atoms with Gasteiger partial charge in [-0.1, -0.05) is 0 Å². The molecule has 0 aliphatic carbocycles. The zero-order chi connectivity index (χ0) is 7.28. The fourth-order valence-corrected chi connectivity index (χ4v) is 2.56. The van der Waals surface area contributed by atoms with Crippen LogP contribution in [0.25, 0.3) is 0 Å². The van der Waals surface area contributed by atoms with Gasteiger partial charge in [-0.3, -0.25) is 0 Å². The molecule has 1 nitrogen and oxygen atoms in total. The van der Waals surface area contributed by atoms with E-state index in [-0.39, 0.29) is 0 Å². The van der Waals surface area contributed by atoms with Gasteiger partial charge in [0.1, 0.15) is 0 Å². The minimum atomic E-state index is -0.480. The van der Waals surface area contributed by atoms with Gasteiger partial charge in [-0.05, 0) is 0 Å². The van der Waals surface area contributed by atoms with Crippen LogP contribution in [0.15, 0.2) is 0 Å². The van der Waals surface area contributed by atoms with Crippen LogP contribution in [0.5, 0.6) is 0 Å². The van der Waals surface area contributed by atoms with Crippen molar-refractivity contribution in [3.05, 3.63) is 0 Å². The van der Waals surface area contributed by atoms with Crippen molar-refractivity contribution in [1.29, 1.82) is 0 Å². The molecule has 0 aromatic rings. The van der Waals surface area contributed by atoms with Crippen molar-refractivity contribution < 1.29 is 0 Å². The van der Waals surface area contributed by atoms with Gasteiger partial charge in [0, 0.05) is 0 Å². The van der Waals surface area contributed by atoms with Crippen molar-refractivity contribution in [3.8, 4) is 0 Å². The van der Waals surface area contributed by atoms with Crippen LogP contribution in [0, 0.1) is 0 Å². The molecule has 0 aliphatic rings. The predicted octanol–water partition coefficient (Wildman–Crippen LogP) is 1.69. The van der Waals surface area contributed by atoms with E-state index in [0.29, 0.717) is 0 Å². The first kappa shape index (κ1) is 9.50. The minimum absolute atomic E-state index is 0.480. The van der Waals surface area contributed by atoms with Gasteiger partial charge in [-0.2, -0.15) is 0 Å². The average Bonchev–Trinajstić information content (AvgIpc) is 1.63. The zero-order valence-electron chi connectivity index (χ0n) is 7.07. The van der Waals surface area contributed by atoms with E-state index >= 15 is 0 Å². The third-order valence-electron chi connectivity index (χ3n) is 1.28. The summed E-state index contributed by atoms with van der Waals surface area (Å²) >= 11 is -0.480. The van der Waals surface area contributed by atoms with E-state index in [0.717, 1.165) is 0 Å². The first-order valence-electron chi connectivity index (χ1n) is 3.56. The second-order valence-corrected chi connectivity index (χ2v) is 9.23. The Balaban J connectivity index is 2.91. The Kier molecular flexibility index (Phi) is 5.60. The fraction of sp³-hybridized carbons (Fsp3) is 1.00. The molecule has 2 heteroatoms. The van der Waals surface area contributed by atoms with Gasteiger partial charge in [0.25, 0.3) is 0 Å². The summed E-state index contributed by atoms with van der Waals surface area (Å²) in [5, 5.41) is 1.53. The molecular formula is C7H18GeN. The van der Waals surface area contributed by atoms with Gasteiger partial charge in [0.15, 0.2) is 0 Å². The van der Waals surface area contributed by atoms with Gasteiger partial charge >= 0.3 is 63.1 Å². The van der Waals surface area contributed by atoms with E-state index in [1.165, 1.54) is 18.2 Å². The number of rotatable bonds is 4. The molecule has 1 radical (unpaired) electrons. The molecule has 0 heterocycles. The van der Waals surface area contributed by atoms with E-state index in [1.54, 1.807) is 0 Å². The molecule has 0 bridgehead atoms. The number of hydrogen-bond acceptors (Lipinski definition) is 1. The molecule has 0 saturated carbocycles. The molecule has 0 amide bonds. The van der Waals surface area contributed by atoms with E-state index < -0.39 is 14.3 Å². The van der Waals surface area contributed by atoms with Crippen molar-refractivity contribution in [3.63, 3.8) is 0 Å². The van der Waals surface area contributed by atoms with Crippen LogP contribution in [0.2, 0.25) is 16.8 Å². The van der Waals surface area contributed by atoms with Crippen LogP contribution in [0.1, 0.15) is 6.42 Å². The summed E-state index contributed by atoms with van der Waals surface area (Å²) in [6.07, 6.45) is 1.41. The summed E-state index contributed by atoms with van der Waals surface area (Å²) in [5.41, 5.74) is 0. The molecule has 0 rings (SSSR count). The van der Waals surface area contributed by atoms with Gasteiger partial charge in [-0.15, -0.1) is 0 Å². The summed E-state index contributed by atoms with van der Waals surface area (Å²) < 4.78 is 0. The Morgan fingerprint density at radius 2 is 1.78 bits per heavy atom. The molecule has 0 spiro atoms. The number of nitrogens with zero attached hydrogens (tertiary/aromatic N) is 1. The van der Waals surface area contributed by atoms with Crippen molar-refractivity contribution in [2.45, 2.75) is 23.2 Å². The Labute approximate surface area is 63.5 Å². The third-order valence-corrected chi connectivity index (χ3v) is 4.12. The molecule has 0 saturated heterocycles. The van der Waals surface area contributed by atoms with Crippen LogP contribution in [0.4, 0.5) is 0 Å². The summed E-state index contributed by atoms with van der Waals surface area (Å²) in [4.78, 5) is 2.27. The fourth-order valence-electron chi connectivity index (χ4n) is 0.749. The normalized spacial score (nSPS) is 11.3. The summed E-state index contributed by atoms with van der Waals surface area (Å²) in [5.74, 6) is 4.88. The topological polar surface area (TPSA) is 3.24 Å². The Morgan fingerprint density at radius 1 is 1.22 bits per heavy atom. The van der Waals surface area contributed by atoms with E-state index in [4.69, 9.17) is 0 Å². The van der Waals surface area contributed by atoms with Gasteiger partial charge in [-0.25, -0.2) is 0 Å². The molecule has 0 unspecified atom stereocenters. The zero-order valence-corrected chi connectivity index (χ0v) is 9.17. The van der Waals surface area contributed by atoms with Gasteiger partial charge < -0.3 is 0 Å². The molecule has 0 fully saturated rings. The predicted molar refractivity (Wildman–Crippen MR) is 45.5 cm³/mol. The number of hydrogen-bond donors (Lipinski definition) is 0. The first-order chi connectivity index (χ1) is 4.13. The summed E-state index contributed by atoms with van der Waals surface area (Å²) in [6.45, 7) is 1.28. The Hall–Kier alpha value is 0.503. The van der Waals surface area contributed by atoms with Crippen molar-refractivity contribution in [2.24, 2.45) is 0 Å². The second kappa shape index (κ2) is 5.30. The second-order valence-electron chi connectivity index (χ2n) is 3.11. The molecule has 9 heavy (non-hydrogen) atoms. The van der Waals surface area contributed by atoms with Crippen LogP contribution in [-0.4, -0.2) is 39.9 Å². The van der Waals surface area contributed by atoms with Gasteiger partial charge in [0.2, 0.25) is 0 Å². The van der Waals surface area contributed by atoms with Crippen LogP contribution in [0.3, 0.4) is 0 Å². The van der Waals surface area contributed by atoms with Gasteiger partial charge in [0.05, 0.1) is 0 Å². The molecule has 0 aromatic carbocycles. The maximum atomic E-state index is 2.44. The molecule has 0 N–H and O–H groups in total. The standard InChI is InChI=1S/C7H18GeN/c1-8(2)6-5-7-9(3)4/h5-7H2,1-4H3. The first-order valence-corrected chi connectivity index (χ1v) is 9.24. The summed E-state index contributed by atoms with van der Waals surface area (Å²) in [6, 6.07) is 0. The third kappa shape index (κ3) is 8.50. The van der Waals surface area contributed by atoms with Crippen LogP contribution < -0.4 is 0 Å². The van der Waals surface area contributed by atoms with Crippen LogP contribution >= 0.6 is 0 Å². The van der Waals surface area contributed by atoms with E-state index in [2.05, 4.69) is 30.5 Å². The van der Waals surface area contributed by atoms with E-state index in [1.807, 2.05) is 0 Å².